The zero-order valence-corrected chi connectivity index (χ0v) is 16.1. The Morgan fingerprint density at radius 3 is 2.62 bits per heavy atom. The van der Waals surface area contributed by atoms with Crippen LogP contribution in [-0.4, -0.2) is 30.3 Å². The average Bonchev–Trinajstić information content (AvgIpc) is 3.41. The first-order valence-corrected chi connectivity index (χ1v) is 10.3. The lowest BCUT2D eigenvalue weighted by Crippen LogP contribution is -3.19. The monoisotopic (exact) mass is 388 g/mol. The summed E-state index contributed by atoms with van der Waals surface area (Å²) in [6.45, 7) is 2.72. The van der Waals surface area contributed by atoms with Gasteiger partial charge in [0, 0.05) is 18.4 Å². The summed E-state index contributed by atoms with van der Waals surface area (Å²) in [6, 6.07) is 15.1. The van der Waals surface area contributed by atoms with Gasteiger partial charge < -0.3 is 10.2 Å². The number of nitrogens with zero attached hydrogens (tertiary/aromatic N) is 1. The fourth-order valence-electron chi connectivity index (χ4n) is 6.47. The lowest BCUT2D eigenvalue weighted by atomic mass is 9.75. The van der Waals surface area contributed by atoms with E-state index in [1.54, 1.807) is 0 Å². The van der Waals surface area contributed by atoms with Crippen LogP contribution < -0.4 is 15.1 Å². The van der Waals surface area contributed by atoms with Crippen molar-refractivity contribution in [1.82, 2.24) is 0 Å². The van der Waals surface area contributed by atoms with Gasteiger partial charge in [-0.2, -0.15) is 0 Å². The Balaban J connectivity index is 1.58. The van der Waals surface area contributed by atoms with Crippen molar-refractivity contribution in [2.45, 2.75) is 31.3 Å². The van der Waals surface area contributed by atoms with Crippen molar-refractivity contribution in [2.75, 3.05) is 16.8 Å². The highest BCUT2D eigenvalue weighted by molar-refractivity contribution is 6.25. The quantitative estimate of drug-likeness (QED) is 0.717. The predicted octanol–water partition coefficient (Wildman–Crippen LogP) is 1.01. The molecule has 4 aliphatic heterocycles. The Hall–Kier alpha value is -2.99. The standard InChI is InChI=1S/C23H21N3O3/c1-13-7-2-5-10-16(13)26-20(27)18-17-11-6-12-25(17)23(19(18)21(26)28)14-8-3-4-9-15(14)24-22(23)29/h2-5,7-10,17-19H,6,11-12H2,1H3,(H,24,29)/p+1/t17-,18+,19-,23-/m1/s1. The summed E-state index contributed by atoms with van der Waals surface area (Å²) >= 11 is 0. The summed E-state index contributed by atoms with van der Waals surface area (Å²) in [4.78, 5) is 43.4. The van der Waals surface area contributed by atoms with Crippen molar-refractivity contribution in [2.24, 2.45) is 11.8 Å². The highest BCUT2D eigenvalue weighted by Gasteiger charge is 2.78. The number of amides is 3. The van der Waals surface area contributed by atoms with Crippen LogP contribution in [-0.2, 0) is 19.9 Å². The van der Waals surface area contributed by atoms with Crippen molar-refractivity contribution < 1.29 is 19.3 Å². The number of carbonyl (C=O) groups excluding carboxylic acids is 3. The van der Waals surface area contributed by atoms with Gasteiger partial charge in [0.1, 0.15) is 17.9 Å². The van der Waals surface area contributed by atoms with Crippen LogP contribution in [0.3, 0.4) is 0 Å². The van der Waals surface area contributed by atoms with Gasteiger partial charge in [0.25, 0.3) is 5.91 Å². The number of hydrogen-bond donors (Lipinski definition) is 2. The van der Waals surface area contributed by atoms with Crippen LogP contribution in [0.4, 0.5) is 11.4 Å². The Labute approximate surface area is 168 Å². The normalized spacial score (nSPS) is 34.5. The maximum atomic E-state index is 13.8. The fourth-order valence-corrected chi connectivity index (χ4v) is 6.47. The number of anilines is 2. The number of para-hydroxylation sites is 2. The number of hydrogen-bond acceptors (Lipinski definition) is 3. The van der Waals surface area contributed by atoms with E-state index in [1.807, 2.05) is 55.5 Å². The topological polar surface area (TPSA) is 70.9 Å². The third kappa shape index (κ3) is 1.83. The third-order valence-corrected chi connectivity index (χ3v) is 7.48. The zero-order valence-electron chi connectivity index (χ0n) is 16.1. The molecule has 2 N–H and O–H groups in total. The van der Waals surface area contributed by atoms with Crippen LogP contribution in [0, 0.1) is 18.8 Å². The van der Waals surface area contributed by atoms with Gasteiger partial charge in [-0.3, -0.25) is 14.4 Å². The molecule has 0 aliphatic carbocycles. The second-order valence-electron chi connectivity index (χ2n) is 8.63. The molecule has 0 aromatic heterocycles. The minimum absolute atomic E-state index is 0.00220. The summed E-state index contributed by atoms with van der Waals surface area (Å²) < 4.78 is 0. The summed E-state index contributed by atoms with van der Waals surface area (Å²) in [6.07, 6.45) is 1.83. The molecule has 3 fully saturated rings. The molecule has 3 amide bonds. The molecular weight excluding hydrogens is 366 g/mol. The minimum Gasteiger partial charge on any atom is -0.320 e. The molecule has 1 unspecified atom stereocenters. The Morgan fingerprint density at radius 2 is 1.79 bits per heavy atom. The molecule has 4 heterocycles. The van der Waals surface area contributed by atoms with Gasteiger partial charge >= 0.3 is 0 Å². The molecule has 0 radical (unpaired) electrons. The van der Waals surface area contributed by atoms with Crippen molar-refractivity contribution >= 4 is 29.1 Å². The maximum absolute atomic E-state index is 13.8. The summed E-state index contributed by atoms with van der Waals surface area (Å²) in [5.41, 5.74) is 2.15. The smallest absolute Gasteiger partial charge is 0.291 e. The largest absolute Gasteiger partial charge is 0.320 e. The second kappa shape index (κ2) is 5.54. The lowest BCUT2D eigenvalue weighted by molar-refractivity contribution is -0.948. The minimum atomic E-state index is -1.01. The van der Waals surface area contributed by atoms with E-state index in [-0.39, 0.29) is 23.8 Å². The van der Waals surface area contributed by atoms with E-state index < -0.39 is 17.4 Å². The second-order valence-corrected chi connectivity index (χ2v) is 8.63. The highest BCUT2D eigenvalue weighted by atomic mass is 16.2. The molecule has 29 heavy (non-hydrogen) atoms. The molecule has 3 saturated heterocycles. The number of benzene rings is 2. The van der Waals surface area contributed by atoms with E-state index in [1.165, 1.54) is 4.90 Å². The van der Waals surface area contributed by atoms with Crippen LogP contribution >= 0.6 is 0 Å². The number of imide groups is 1. The summed E-state index contributed by atoms with van der Waals surface area (Å²) in [5.74, 6) is -1.62. The third-order valence-electron chi connectivity index (χ3n) is 7.48. The van der Waals surface area contributed by atoms with E-state index >= 15 is 0 Å². The Kier molecular flexibility index (Phi) is 3.23. The van der Waals surface area contributed by atoms with Gasteiger partial charge in [-0.25, -0.2) is 4.90 Å². The molecule has 6 nitrogen and oxygen atoms in total. The van der Waals surface area contributed by atoms with E-state index in [0.717, 1.165) is 41.1 Å². The lowest BCUT2D eigenvalue weighted by Gasteiger charge is -2.33. The SMILES string of the molecule is Cc1ccccc1N1C(=O)[C@H]2[C@H]3CCC[NH+]3[C@@]3(C(=O)Nc4ccccc43)[C@H]2C1=O. The molecule has 0 saturated carbocycles. The molecule has 146 valence electrons. The fraction of sp³-hybridized carbons (Fsp3) is 0.348. The van der Waals surface area contributed by atoms with Crippen LogP contribution in [0.2, 0.25) is 0 Å². The van der Waals surface area contributed by atoms with Gasteiger partial charge in [-0.15, -0.1) is 0 Å². The highest BCUT2D eigenvalue weighted by Crippen LogP contribution is 2.52. The maximum Gasteiger partial charge on any atom is 0.291 e. The molecule has 6 heteroatoms. The molecule has 6 rings (SSSR count). The first kappa shape index (κ1) is 16.9. The van der Waals surface area contributed by atoms with Crippen LogP contribution in [0.25, 0.3) is 0 Å². The van der Waals surface area contributed by atoms with E-state index in [4.69, 9.17) is 0 Å². The molecule has 4 aliphatic rings. The average molecular weight is 388 g/mol. The zero-order chi connectivity index (χ0) is 19.9. The van der Waals surface area contributed by atoms with Crippen molar-refractivity contribution in [1.29, 1.82) is 0 Å². The van der Waals surface area contributed by atoms with Gasteiger partial charge in [-0.1, -0.05) is 36.4 Å². The molecule has 0 bridgehead atoms. The van der Waals surface area contributed by atoms with Gasteiger partial charge in [0.2, 0.25) is 17.4 Å². The van der Waals surface area contributed by atoms with Crippen molar-refractivity contribution in [3.8, 4) is 0 Å². The number of carbonyl (C=O) groups is 3. The van der Waals surface area contributed by atoms with Crippen molar-refractivity contribution in [3.05, 3.63) is 59.7 Å². The first-order valence-electron chi connectivity index (χ1n) is 10.3. The van der Waals surface area contributed by atoms with Gasteiger partial charge in [-0.05, 0) is 24.6 Å². The number of nitrogens with one attached hydrogen (secondary N) is 2. The molecule has 2 aromatic rings. The first-order chi connectivity index (χ1) is 14.1. The number of aryl methyl sites for hydroxylation is 1. The van der Waals surface area contributed by atoms with Crippen LogP contribution in [0.15, 0.2) is 48.5 Å². The van der Waals surface area contributed by atoms with Crippen LogP contribution in [0.5, 0.6) is 0 Å². The molecule has 2 aromatic carbocycles. The van der Waals surface area contributed by atoms with E-state index in [0.29, 0.717) is 5.69 Å². The predicted molar refractivity (Wildman–Crippen MR) is 106 cm³/mol. The molecule has 1 spiro atoms. The van der Waals surface area contributed by atoms with E-state index in [9.17, 15) is 14.4 Å². The Morgan fingerprint density at radius 1 is 1.03 bits per heavy atom. The van der Waals surface area contributed by atoms with Crippen LogP contribution in [0.1, 0.15) is 24.0 Å². The summed E-state index contributed by atoms with van der Waals surface area (Å²) in [7, 11) is 0. The van der Waals surface area contributed by atoms with Crippen molar-refractivity contribution in [3.63, 3.8) is 0 Å². The number of rotatable bonds is 1. The molecule has 5 atom stereocenters. The molecular formula is C23H22N3O3+. The number of fused-ring (bicyclic) bond motifs is 7. The summed E-state index contributed by atoms with van der Waals surface area (Å²) in [5, 5.41) is 3.01. The van der Waals surface area contributed by atoms with E-state index in [2.05, 4.69) is 5.32 Å². The Bertz CT molecular complexity index is 1100. The number of quaternary nitrogens is 1. The van der Waals surface area contributed by atoms with Gasteiger partial charge in [0.05, 0.1) is 17.9 Å². The van der Waals surface area contributed by atoms with Gasteiger partial charge in [0.15, 0.2) is 0 Å².